The summed E-state index contributed by atoms with van der Waals surface area (Å²) in [6.45, 7) is 1.89. The summed E-state index contributed by atoms with van der Waals surface area (Å²) >= 11 is 0. The first-order valence-electron chi connectivity index (χ1n) is 7.28. The van der Waals surface area contributed by atoms with E-state index < -0.39 is 0 Å². The third-order valence-electron chi connectivity index (χ3n) is 3.77. The van der Waals surface area contributed by atoms with E-state index in [4.69, 9.17) is 4.74 Å². The highest BCUT2D eigenvalue weighted by atomic mass is 16.5. The van der Waals surface area contributed by atoms with Crippen LogP contribution in [-0.4, -0.2) is 26.9 Å². The minimum Gasteiger partial charge on any atom is -0.497 e. The van der Waals surface area contributed by atoms with Gasteiger partial charge >= 0.3 is 0 Å². The zero-order valence-corrected chi connectivity index (χ0v) is 12.8. The maximum absolute atomic E-state index is 5.19. The number of hydrogen-bond donors (Lipinski definition) is 1. The van der Waals surface area contributed by atoms with Gasteiger partial charge in [-0.3, -0.25) is 0 Å². The van der Waals surface area contributed by atoms with Crippen molar-refractivity contribution < 1.29 is 4.74 Å². The molecule has 114 valence electrons. The molecule has 0 radical (unpaired) electrons. The van der Waals surface area contributed by atoms with Gasteiger partial charge in [-0.1, -0.05) is 24.3 Å². The van der Waals surface area contributed by atoms with Gasteiger partial charge in [0.05, 0.1) is 7.11 Å². The lowest BCUT2D eigenvalue weighted by molar-refractivity contribution is 0.415. The summed E-state index contributed by atoms with van der Waals surface area (Å²) < 4.78 is 6.95. The number of benzene rings is 2. The van der Waals surface area contributed by atoms with Gasteiger partial charge in [0.2, 0.25) is 0 Å². The third kappa shape index (κ3) is 2.24. The highest BCUT2D eigenvalue weighted by molar-refractivity contribution is 6.00. The van der Waals surface area contributed by atoms with Gasteiger partial charge in [-0.05, 0) is 31.2 Å². The molecule has 2 aromatic heterocycles. The summed E-state index contributed by atoms with van der Waals surface area (Å²) in [6, 6.07) is 15.8. The minimum atomic E-state index is 0.753. The predicted octanol–water partition coefficient (Wildman–Crippen LogP) is 3.34. The van der Waals surface area contributed by atoms with Gasteiger partial charge in [0.1, 0.15) is 5.75 Å². The van der Waals surface area contributed by atoms with Crippen LogP contribution in [0.25, 0.3) is 16.4 Å². The topological polar surface area (TPSA) is 64.3 Å². The molecule has 4 rings (SSSR count). The monoisotopic (exact) mass is 305 g/mol. The van der Waals surface area contributed by atoms with Crippen LogP contribution in [0.1, 0.15) is 5.82 Å². The van der Waals surface area contributed by atoms with Crippen LogP contribution in [0.15, 0.2) is 48.5 Å². The Morgan fingerprint density at radius 3 is 2.43 bits per heavy atom. The van der Waals surface area contributed by atoms with E-state index in [-0.39, 0.29) is 0 Å². The van der Waals surface area contributed by atoms with E-state index in [1.54, 1.807) is 11.6 Å². The van der Waals surface area contributed by atoms with Gasteiger partial charge in [0, 0.05) is 16.5 Å². The van der Waals surface area contributed by atoms with E-state index in [0.717, 1.165) is 39.5 Å². The number of aromatic nitrogens is 4. The molecule has 0 amide bonds. The molecule has 4 aromatic rings. The van der Waals surface area contributed by atoms with Crippen LogP contribution in [0.5, 0.6) is 5.75 Å². The molecule has 0 spiro atoms. The molecule has 0 aliphatic rings. The van der Waals surface area contributed by atoms with E-state index in [1.165, 1.54) is 0 Å². The smallest absolute Gasteiger partial charge is 0.185 e. The van der Waals surface area contributed by atoms with Crippen molar-refractivity contribution in [2.75, 3.05) is 12.4 Å². The quantitative estimate of drug-likeness (QED) is 0.629. The SMILES string of the molecule is COc1ccc(Nc2nn3c(C)nnc3c3ccccc23)cc1. The molecular weight excluding hydrogens is 290 g/mol. The average Bonchev–Trinajstić information content (AvgIpc) is 2.97. The van der Waals surface area contributed by atoms with E-state index in [9.17, 15) is 0 Å². The first kappa shape index (κ1) is 13.5. The molecule has 0 bridgehead atoms. The highest BCUT2D eigenvalue weighted by Crippen LogP contribution is 2.27. The fourth-order valence-electron chi connectivity index (χ4n) is 2.59. The zero-order chi connectivity index (χ0) is 15.8. The molecule has 0 unspecified atom stereocenters. The summed E-state index contributed by atoms with van der Waals surface area (Å²) in [6.07, 6.45) is 0. The van der Waals surface area contributed by atoms with Crippen LogP contribution < -0.4 is 10.1 Å². The molecule has 1 N–H and O–H groups in total. The average molecular weight is 305 g/mol. The lowest BCUT2D eigenvalue weighted by Crippen LogP contribution is -2.02. The molecule has 6 heteroatoms. The largest absolute Gasteiger partial charge is 0.497 e. The second-order valence-corrected chi connectivity index (χ2v) is 5.23. The Balaban J connectivity index is 1.88. The van der Waals surface area contributed by atoms with Crippen molar-refractivity contribution in [2.45, 2.75) is 6.92 Å². The fraction of sp³-hybridized carbons (Fsp3) is 0.118. The van der Waals surface area contributed by atoms with Crippen LogP contribution >= 0.6 is 0 Å². The number of rotatable bonds is 3. The van der Waals surface area contributed by atoms with E-state index >= 15 is 0 Å². The Labute approximate surface area is 132 Å². The van der Waals surface area contributed by atoms with E-state index in [1.807, 2.05) is 55.5 Å². The molecule has 0 aliphatic heterocycles. The number of hydrogen-bond acceptors (Lipinski definition) is 5. The lowest BCUT2D eigenvalue weighted by atomic mass is 10.2. The third-order valence-corrected chi connectivity index (χ3v) is 3.77. The summed E-state index contributed by atoms with van der Waals surface area (Å²) in [5.41, 5.74) is 1.70. The van der Waals surface area contributed by atoms with Crippen LogP contribution in [0.4, 0.5) is 11.5 Å². The van der Waals surface area contributed by atoms with Crippen molar-refractivity contribution in [3.8, 4) is 5.75 Å². The minimum absolute atomic E-state index is 0.753. The summed E-state index contributed by atoms with van der Waals surface area (Å²) in [5, 5.41) is 18.4. The van der Waals surface area contributed by atoms with Crippen LogP contribution in [0.2, 0.25) is 0 Å². The van der Waals surface area contributed by atoms with Gasteiger partial charge in [-0.15, -0.1) is 15.3 Å². The van der Waals surface area contributed by atoms with Crippen molar-refractivity contribution in [3.63, 3.8) is 0 Å². The van der Waals surface area contributed by atoms with Crippen molar-refractivity contribution in [3.05, 3.63) is 54.4 Å². The Kier molecular flexibility index (Phi) is 3.08. The zero-order valence-electron chi connectivity index (χ0n) is 12.8. The van der Waals surface area contributed by atoms with Crippen LogP contribution in [-0.2, 0) is 0 Å². The number of aryl methyl sites for hydroxylation is 1. The Morgan fingerprint density at radius 1 is 0.957 bits per heavy atom. The van der Waals surface area contributed by atoms with Crippen molar-refractivity contribution in [2.24, 2.45) is 0 Å². The number of fused-ring (bicyclic) bond motifs is 3. The number of anilines is 2. The van der Waals surface area contributed by atoms with Crippen molar-refractivity contribution in [1.29, 1.82) is 0 Å². The van der Waals surface area contributed by atoms with Gasteiger partial charge in [0.25, 0.3) is 0 Å². The molecule has 0 atom stereocenters. The van der Waals surface area contributed by atoms with Crippen molar-refractivity contribution >= 4 is 27.9 Å². The second-order valence-electron chi connectivity index (χ2n) is 5.23. The van der Waals surface area contributed by atoms with E-state index in [0.29, 0.717) is 0 Å². The Bertz CT molecular complexity index is 991. The maximum atomic E-state index is 5.19. The maximum Gasteiger partial charge on any atom is 0.185 e. The first-order chi connectivity index (χ1) is 11.3. The molecule has 6 nitrogen and oxygen atoms in total. The van der Waals surface area contributed by atoms with Crippen LogP contribution in [0, 0.1) is 6.92 Å². The second kappa shape index (κ2) is 5.24. The summed E-state index contributed by atoms with van der Waals surface area (Å²) in [4.78, 5) is 0. The Morgan fingerprint density at radius 2 is 1.70 bits per heavy atom. The van der Waals surface area contributed by atoms with Gasteiger partial charge in [-0.2, -0.15) is 4.52 Å². The summed E-state index contributed by atoms with van der Waals surface area (Å²) in [7, 11) is 1.65. The molecule has 0 saturated carbocycles. The van der Waals surface area contributed by atoms with Crippen LogP contribution in [0.3, 0.4) is 0 Å². The van der Waals surface area contributed by atoms with Crippen molar-refractivity contribution in [1.82, 2.24) is 19.8 Å². The molecule has 2 aromatic carbocycles. The number of methoxy groups -OCH3 is 1. The number of nitrogens with zero attached hydrogens (tertiary/aromatic N) is 4. The molecule has 0 fully saturated rings. The fourth-order valence-corrected chi connectivity index (χ4v) is 2.59. The standard InChI is InChI=1S/C17H15N5O/c1-11-19-20-17-15-6-4-3-5-14(15)16(21-22(11)17)18-12-7-9-13(23-2)10-8-12/h3-10H,1-2H3,(H,18,21). The van der Waals surface area contributed by atoms with Gasteiger partial charge in [0.15, 0.2) is 17.3 Å². The van der Waals surface area contributed by atoms with Gasteiger partial charge < -0.3 is 10.1 Å². The molecule has 2 heterocycles. The summed E-state index contributed by atoms with van der Waals surface area (Å²) in [5.74, 6) is 2.34. The normalized spacial score (nSPS) is 11.0. The first-order valence-corrected chi connectivity index (χ1v) is 7.28. The lowest BCUT2D eigenvalue weighted by Gasteiger charge is -2.10. The molecule has 23 heavy (non-hydrogen) atoms. The number of nitrogens with one attached hydrogen (secondary N) is 1. The molecular formula is C17H15N5O. The predicted molar refractivity (Wildman–Crippen MR) is 89.3 cm³/mol. The number of ether oxygens (including phenoxy) is 1. The van der Waals surface area contributed by atoms with Gasteiger partial charge in [-0.25, -0.2) is 0 Å². The Hall–Kier alpha value is -3.15. The highest BCUT2D eigenvalue weighted by Gasteiger charge is 2.12. The van der Waals surface area contributed by atoms with E-state index in [2.05, 4.69) is 20.6 Å². The molecule has 0 aliphatic carbocycles. The molecule has 0 saturated heterocycles.